The lowest BCUT2D eigenvalue weighted by molar-refractivity contribution is 0.660. The molecule has 0 aliphatic heterocycles. The van der Waals surface area contributed by atoms with Gasteiger partial charge in [-0.15, -0.1) is 0 Å². The van der Waals surface area contributed by atoms with Gasteiger partial charge in [-0.25, -0.2) is 0 Å². The Morgan fingerprint density at radius 1 is 0.586 bits per heavy atom. The Bertz CT molecular complexity index is 1220. The Hall–Kier alpha value is -3.32. The lowest BCUT2D eigenvalue weighted by Gasteiger charge is -2.22. The van der Waals surface area contributed by atoms with Gasteiger partial charge < -0.3 is 5.32 Å². The van der Waals surface area contributed by atoms with Gasteiger partial charge in [-0.3, -0.25) is 0 Å². The summed E-state index contributed by atoms with van der Waals surface area (Å²) in [6, 6.07) is 32.7. The first-order chi connectivity index (χ1) is 14.1. The van der Waals surface area contributed by atoms with Gasteiger partial charge in [0.25, 0.3) is 0 Å². The maximum atomic E-state index is 3.69. The zero-order valence-corrected chi connectivity index (χ0v) is 17.2. The quantitative estimate of drug-likeness (QED) is 0.386. The molecule has 0 atom stereocenters. The van der Waals surface area contributed by atoms with Crippen LogP contribution in [0.1, 0.15) is 30.5 Å². The molecule has 0 bridgehead atoms. The van der Waals surface area contributed by atoms with E-state index in [0.29, 0.717) is 0 Å². The number of aryl methyl sites for hydroxylation is 1. The minimum absolute atomic E-state index is 0.0130. The third-order valence-corrected chi connectivity index (χ3v) is 6.22. The summed E-state index contributed by atoms with van der Waals surface area (Å²) in [7, 11) is 0. The molecule has 1 aliphatic carbocycles. The second kappa shape index (κ2) is 6.63. The standard InChI is InChI=1S/C28H25N/c1-19-10-4-5-11-21(19)24-13-7-9-15-27(24)29-20-16-17-23-22-12-6-8-14-25(22)28(2,3)26(23)18-20/h4-18,29H,1-3H3. The lowest BCUT2D eigenvalue weighted by atomic mass is 9.82. The van der Waals surface area contributed by atoms with E-state index in [1.807, 2.05) is 0 Å². The summed E-state index contributed by atoms with van der Waals surface area (Å²) in [5, 5.41) is 3.69. The van der Waals surface area contributed by atoms with Crippen molar-refractivity contribution >= 4 is 11.4 Å². The highest BCUT2D eigenvalue weighted by atomic mass is 14.9. The van der Waals surface area contributed by atoms with Gasteiger partial charge in [0.05, 0.1) is 0 Å². The zero-order chi connectivity index (χ0) is 20.0. The van der Waals surface area contributed by atoms with Crippen molar-refractivity contribution in [1.82, 2.24) is 0 Å². The van der Waals surface area contributed by atoms with Crippen LogP contribution in [0.5, 0.6) is 0 Å². The molecule has 1 aliphatic rings. The zero-order valence-electron chi connectivity index (χ0n) is 17.2. The second-order valence-corrected chi connectivity index (χ2v) is 8.42. The first kappa shape index (κ1) is 17.8. The van der Waals surface area contributed by atoms with Gasteiger partial charge in [0, 0.05) is 22.4 Å². The van der Waals surface area contributed by atoms with E-state index in [-0.39, 0.29) is 5.41 Å². The number of hydrogen-bond donors (Lipinski definition) is 1. The van der Waals surface area contributed by atoms with Crippen molar-refractivity contribution in [2.45, 2.75) is 26.2 Å². The fourth-order valence-electron chi connectivity index (χ4n) is 4.64. The van der Waals surface area contributed by atoms with Crippen molar-refractivity contribution in [3.05, 3.63) is 108 Å². The summed E-state index contributed by atoms with van der Waals surface area (Å²) in [4.78, 5) is 0. The summed E-state index contributed by atoms with van der Waals surface area (Å²) >= 11 is 0. The molecule has 0 saturated carbocycles. The molecule has 0 amide bonds. The number of nitrogens with one attached hydrogen (secondary N) is 1. The van der Waals surface area contributed by atoms with Gasteiger partial charge >= 0.3 is 0 Å². The molecule has 0 fully saturated rings. The highest BCUT2D eigenvalue weighted by Crippen LogP contribution is 2.49. The van der Waals surface area contributed by atoms with Crippen LogP contribution in [0, 0.1) is 6.92 Å². The molecule has 0 aromatic heterocycles. The number of hydrogen-bond acceptors (Lipinski definition) is 1. The van der Waals surface area contributed by atoms with Crippen molar-refractivity contribution in [3.63, 3.8) is 0 Å². The fourth-order valence-corrected chi connectivity index (χ4v) is 4.64. The molecule has 5 rings (SSSR count). The molecule has 4 aromatic rings. The van der Waals surface area contributed by atoms with Crippen molar-refractivity contribution in [3.8, 4) is 22.3 Å². The third kappa shape index (κ3) is 2.86. The van der Waals surface area contributed by atoms with E-state index < -0.39 is 0 Å². The second-order valence-electron chi connectivity index (χ2n) is 8.42. The predicted molar refractivity (Wildman–Crippen MR) is 124 cm³/mol. The van der Waals surface area contributed by atoms with Crippen LogP contribution < -0.4 is 5.32 Å². The monoisotopic (exact) mass is 375 g/mol. The molecular formula is C28H25N. The average molecular weight is 376 g/mol. The van der Waals surface area contributed by atoms with E-state index in [1.165, 1.54) is 38.9 Å². The van der Waals surface area contributed by atoms with Crippen molar-refractivity contribution in [2.75, 3.05) is 5.32 Å². The van der Waals surface area contributed by atoms with Crippen molar-refractivity contribution < 1.29 is 0 Å². The highest BCUT2D eigenvalue weighted by Gasteiger charge is 2.35. The number of anilines is 2. The molecule has 0 unspecified atom stereocenters. The SMILES string of the molecule is Cc1ccccc1-c1ccccc1Nc1ccc2c(c1)C(C)(C)c1ccccc1-2. The maximum Gasteiger partial charge on any atom is 0.0464 e. The molecule has 1 heteroatoms. The van der Waals surface area contributed by atoms with Gasteiger partial charge in [0.1, 0.15) is 0 Å². The van der Waals surface area contributed by atoms with Gasteiger partial charge in [0.15, 0.2) is 0 Å². The molecule has 0 spiro atoms. The summed E-state index contributed by atoms with van der Waals surface area (Å²) in [5.41, 5.74) is 11.6. The molecule has 1 nitrogen and oxygen atoms in total. The molecule has 0 radical (unpaired) electrons. The van der Waals surface area contributed by atoms with E-state index in [1.54, 1.807) is 0 Å². The van der Waals surface area contributed by atoms with Crippen LogP contribution in [-0.4, -0.2) is 0 Å². The average Bonchev–Trinajstić information content (AvgIpc) is 2.96. The Morgan fingerprint density at radius 2 is 1.21 bits per heavy atom. The van der Waals surface area contributed by atoms with Crippen LogP contribution >= 0.6 is 0 Å². The van der Waals surface area contributed by atoms with E-state index in [0.717, 1.165) is 11.4 Å². The van der Waals surface area contributed by atoms with E-state index in [4.69, 9.17) is 0 Å². The molecule has 0 saturated heterocycles. The first-order valence-electron chi connectivity index (χ1n) is 10.2. The number of benzene rings is 4. The van der Waals surface area contributed by atoms with Crippen molar-refractivity contribution in [2.24, 2.45) is 0 Å². The fraction of sp³-hybridized carbons (Fsp3) is 0.143. The maximum absolute atomic E-state index is 3.69. The molecule has 29 heavy (non-hydrogen) atoms. The van der Waals surface area contributed by atoms with E-state index >= 15 is 0 Å². The molecule has 142 valence electrons. The summed E-state index contributed by atoms with van der Waals surface area (Å²) in [6.45, 7) is 6.81. The van der Waals surface area contributed by atoms with E-state index in [2.05, 4.69) is 117 Å². The summed E-state index contributed by atoms with van der Waals surface area (Å²) in [5.74, 6) is 0. The number of para-hydroxylation sites is 1. The van der Waals surface area contributed by atoms with Crippen LogP contribution in [0.15, 0.2) is 91.0 Å². The Kier molecular flexibility index (Phi) is 4.06. The molecule has 4 aromatic carbocycles. The Balaban J connectivity index is 1.57. The van der Waals surface area contributed by atoms with Crippen LogP contribution in [-0.2, 0) is 5.41 Å². The summed E-state index contributed by atoms with van der Waals surface area (Å²) in [6.07, 6.45) is 0. The lowest BCUT2D eigenvalue weighted by Crippen LogP contribution is -2.15. The molecular weight excluding hydrogens is 350 g/mol. The topological polar surface area (TPSA) is 12.0 Å². The minimum atomic E-state index is 0.0130. The molecule has 0 heterocycles. The molecule has 1 N–H and O–H groups in total. The third-order valence-electron chi connectivity index (χ3n) is 6.22. The highest BCUT2D eigenvalue weighted by molar-refractivity contribution is 5.86. The minimum Gasteiger partial charge on any atom is -0.355 e. The normalized spacial score (nSPS) is 13.6. The van der Waals surface area contributed by atoms with Gasteiger partial charge in [-0.05, 0) is 58.5 Å². The largest absolute Gasteiger partial charge is 0.355 e. The Morgan fingerprint density at radius 3 is 2.00 bits per heavy atom. The first-order valence-corrected chi connectivity index (χ1v) is 10.2. The van der Waals surface area contributed by atoms with Crippen molar-refractivity contribution in [1.29, 1.82) is 0 Å². The van der Waals surface area contributed by atoms with Crippen LogP contribution in [0.4, 0.5) is 11.4 Å². The van der Waals surface area contributed by atoms with Crippen LogP contribution in [0.25, 0.3) is 22.3 Å². The number of rotatable bonds is 3. The smallest absolute Gasteiger partial charge is 0.0464 e. The van der Waals surface area contributed by atoms with Crippen LogP contribution in [0.3, 0.4) is 0 Å². The van der Waals surface area contributed by atoms with Crippen LogP contribution in [0.2, 0.25) is 0 Å². The van der Waals surface area contributed by atoms with Gasteiger partial charge in [-0.1, -0.05) is 86.6 Å². The predicted octanol–water partition coefficient (Wildman–Crippen LogP) is 7.71. The van der Waals surface area contributed by atoms with E-state index in [9.17, 15) is 0 Å². The summed E-state index contributed by atoms with van der Waals surface area (Å²) < 4.78 is 0. The number of fused-ring (bicyclic) bond motifs is 3. The van der Waals surface area contributed by atoms with Gasteiger partial charge in [-0.2, -0.15) is 0 Å². The Labute approximate surface area is 173 Å². The van der Waals surface area contributed by atoms with Gasteiger partial charge in [0.2, 0.25) is 0 Å².